The zero-order valence-corrected chi connectivity index (χ0v) is 12.8. The molecular weight excluding hydrogens is 302 g/mol. The van der Waals surface area contributed by atoms with E-state index in [1.54, 1.807) is 7.11 Å². The summed E-state index contributed by atoms with van der Waals surface area (Å²) in [4.78, 5) is 11.8. The van der Waals surface area contributed by atoms with Gasteiger partial charge in [0.2, 0.25) is 0 Å². The molecule has 0 aromatic carbocycles. The van der Waals surface area contributed by atoms with Crippen LogP contribution in [0.2, 0.25) is 0 Å². The first-order valence-electron chi connectivity index (χ1n) is 5.46. The molecule has 0 saturated carbocycles. The third-order valence-corrected chi connectivity index (χ3v) is 4.04. The van der Waals surface area contributed by atoms with Gasteiger partial charge in [-0.15, -0.1) is 11.3 Å². The molecular formula is C12H18BrNO2S. The molecule has 1 amide bonds. The van der Waals surface area contributed by atoms with Crippen molar-refractivity contribution in [2.75, 3.05) is 20.3 Å². The lowest BCUT2D eigenvalue weighted by Gasteiger charge is -2.24. The van der Waals surface area contributed by atoms with Crippen LogP contribution in [0.1, 0.15) is 30.6 Å². The van der Waals surface area contributed by atoms with Gasteiger partial charge in [0, 0.05) is 25.6 Å². The smallest absolute Gasteiger partial charge is 0.252 e. The summed E-state index contributed by atoms with van der Waals surface area (Å²) in [6.07, 6.45) is 0.928. The largest absolute Gasteiger partial charge is 0.385 e. The van der Waals surface area contributed by atoms with E-state index in [0.717, 1.165) is 10.2 Å². The van der Waals surface area contributed by atoms with Gasteiger partial charge in [0.15, 0.2) is 0 Å². The summed E-state index contributed by atoms with van der Waals surface area (Å²) in [5, 5.41) is 4.80. The zero-order chi connectivity index (χ0) is 12.9. The van der Waals surface area contributed by atoms with Gasteiger partial charge >= 0.3 is 0 Å². The van der Waals surface area contributed by atoms with Gasteiger partial charge in [-0.3, -0.25) is 4.79 Å². The predicted octanol–water partition coefficient (Wildman–Crippen LogP) is 3.30. The molecule has 0 spiro atoms. The minimum atomic E-state index is -0.0163. The standard InChI is InChI=1S/C12H18BrNO2S/c1-12(2,4-5-16-3)8-14-11(15)9-6-10(13)17-7-9/h6-7H,4-5,8H2,1-3H3,(H,14,15). The van der Waals surface area contributed by atoms with Crippen molar-refractivity contribution >= 4 is 33.2 Å². The Bertz CT molecular complexity index is 376. The molecule has 0 bridgehead atoms. The number of carbonyl (C=O) groups excluding carboxylic acids is 1. The summed E-state index contributed by atoms with van der Waals surface area (Å²) in [5.74, 6) is -0.0163. The first kappa shape index (κ1) is 14.7. The summed E-state index contributed by atoms with van der Waals surface area (Å²) >= 11 is 4.86. The van der Waals surface area contributed by atoms with Crippen LogP contribution < -0.4 is 5.32 Å². The predicted molar refractivity (Wildman–Crippen MR) is 74.6 cm³/mol. The highest BCUT2D eigenvalue weighted by atomic mass is 79.9. The zero-order valence-electron chi connectivity index (χ0n) is 10.4. The number of nitrogens with one attached hydrogen (secondary N) is 1. The van der Waals surface area contributed by atoms with Gasteiger partial charge in [0.25, 0.3) is 5.91 Å². The number of hydrogen-bond donors (Lipinski definition) is 1. The molecule has 96 valence electrons. The van der Waals surface area contributed by atoms with Gasteiger partial charge in [-0.1, -0.05) is 13.8 Å². The molecule has 0 atom stereocenters. The number of ether oxygens (including phenoxy) is 1. The molecule has 0 fully saturated rings. The molecule has 5 heteroatoms. The summed E-state index contributed by atoms with van der Waals surface area (Å²) in [6.45, 7) is 5.61. The van der Waals surface area contributed by atoms with Gasteiger partial charge in [-0.25, -0.2) is 0 Å². The number of amides is 1. The Morgan fingerprint density at radius 2 is 2.29 bits per heavy atom. The lowest BCUT2D eigenvalue weighted by molar-refractivity contribution is 0.0921. The lowest BCUT2D eigenvalue weighted by atomic mass is 9.89. The second-order valence-electron chi connectivity index (χ2n) is 4.73. The van der Waals surface area contributed by atoms with E-state index in [4.69, 9.17) is 4.74 Å². The number of thiophene rings is 1. The molecule has 1 aromatic heterocycles. The summed E-state index contributed by atoms with van der Waals surface area (Å²) < 4.78 is 6.03. The molecule has 1 rings (SSSR count). The molecule has 0 radical (unpaired) electrons. The maximum absolute atomic E-state index is 11.8. The number of rotatable bonds is 6. The molecule has 1 heterocycles. The maximum Gasteiger partial charge on any atom is 0.252 e. The average molecular weight is 320 g/mol. The van der Waals surface area contributed by atoms with Crippen molar-refractivity contribution in [3.05, 3.63) is 20.8 Å². The Kier molecular flexibility index (Phi) is 5.62. The summed E-state index contributed by atoms with van der Waals surface area (Å²) in [6, 6.07) is 1.84. The lowest BCUT2D eigenvalue weighted by Crippen LogP contribution is -2.34. The van der Waals surface area contributed by atoms with Crippen molar-refractivity contribution in [2.45, 2.75) is 20.3 Å². The SMILES string of the molecule is COCCC(C)(C)CNC(=O)c1csc(Br)c1. The average Bonchev–Trinajstić information content (AvgIpc) is 2.70. The first-order chi connectivity index (χ1) is 7.94. The molecule has 1 aromatic rings. The van der Waals surface area contributed by atoms with E-state index in [9.17, 15) is 4.79 Å². The van der Waals surface area contributed by atoms with Crippen molar-refractivity contribution in [1.82, 2.24) is 5.32 Å². The Morgan fingerprint density at radius 1 is 1.59 bits per heavy atom. The molecule has 17 heavy (non-hydrogen) atoms. The van der Waals surface area contributed by atoms with Crippen LogP contribution in [-0.4, -0.2) is 26.2 Å². The normalized spacial score (nSPS) is 11.5. The molecule has 0 aliphatic heterocycles. The summed E-state index contributed by atoms with van der Waals surface area (Å²) in [7, 11) is 1.69. The molecule has 3 nitrogen and oxygen atoms in total. The fourth-order valence-electron chi connectivity index (χ4n) is 1.32. The molecule has 1 N–H and O–H groups in total. The van der Waals surface area contributed by atoms with Crippen molar-refractivity contribution in [1.29, 1.82) is 0 Å². The Labute approximate surface area is 115 Å². The van der Waals surface area contributed by atoms with E-state index < -0.39 is 0 Å². The second kappa shape index (κ2) is 6.52. The van der Waals surface area contributed by atoms with E-state index in [0.29, 0.717) is 18.7 Å². The van der Waals surface area contributed by atoms with Crippen LogP contribution in [0.3, 0.4) is 0 Å². The molecule has 0 aliphatic rings. The molecule has 0 saturated heterocycles. The Morgan fingerprint density at radius 3 is 2.82 bits per heavy atom. The summed E-state index contributed by atoms with van der Waals surface area (Å²) in [5.41, 5.74) is 0.767. The third-order valence-electron chi connectivity index (χ3n) is 2.54. The van der Waals surface area contributed by atoms with Gasteiger partial charge in [0.05, 0.1) is 9.35 Å². The van der Waals surface area contributed by atoms with Crippen LogP contribution in [0.5, 0.6) is 0 Å². The van der Waals surface area contributed by atoms with Gasteiger partial charge < -0.3 is 10.1 Å². The highest BCUT2D eigenvalue weighted by molar-refractivity contribution is 9.11. The maximum atomic E-state index is 11.8. The van der Waals surface area contributed by atoms with Gasteiger partial charge in [-0.05, 0) is 33.8 Å². The fraction of sp³-hybridized carbons (Fsp3) is 0.583. The minimum Gasteiger partial charge on any atom is -0.385 e. The van der Waals surface area contributed by atoms with Crippen LogP contribution in [-0.2, 0) is 4.74 Å². The minimum absolute atomic E-state index is 0.0163. The van der Waals surface area contributed by atoms with E-state index in [-0.39, 0.29) is 11.3 Å². The van der Waals surface area contributed by atoms with Gasteiger partial charge in [0.1, 0.15) is 0 Å². The third kappa shape index (κ3) is 5.19. The monoisotopic (exact) mass is 319 g/mol. The van der Waals surface area contributed by atoms with Crippen LogP contribution in [0, 0.1) is 5.41 Å². The Hall–Kier alpha value is -0.390. The van der Waals surface area contributed by atoms with E-state index in [2.05, 4.69) is 35.1 Å². The topological polar surface area (TPSA) is 38.3 Å². The molecule has 0 unspecified atom stereocenters. The van der Waals surface area contributed by atoms with Crippen LogP contribution in [0.4, 0.5) is 0 Å². The number of halogens is 1. The highest BCUT2D eigenvalue weighted by Gasteiger charge is 2.19. The Balaban J connectivity index is 2.42. The fourth-order valence-corrected chi connectivity index (χ4v) is 2.45. The number of methoxy groups -OCH3 is 1. The second-order valence-corrected chi connectivity index (χ2v) is 7.02. The van der Waals surface area contributed by atoms with E-state index >= 15 is 0 Å². The van der Waals surface area contributed by atoms with Crippen LogP contribution >= 0.6 is 27.3 Å². The van der Waals surface area contributed by atoms with E-state index in [1.807, 2.05) is 11.4 Å². The van der Waals surface area contributed by atoms with Crippen LogP contribution in [0.25, 0.3) is 0 Å². The quantitative estimate of drug-likeness (QED) is 0.873. The van der Waals surface area contributed by atoms with Crippen LogP contribution in [0.15, 0.2) is 15.2 Å². The van der Waals surface area contributed by atoms with Gasteiger partial charge in [-0.2, -0.15) is 0 Å². The van der Waals surface area contributed by atoms with Crippen molar-refractivity contribution in [3.8, 4) is 0 Å². The van der Waals surface area contributed by atoms with Crippen molar-refractivity contribution in [2.24, 2.45) is 5.41 Å². The van der Waals surface area contributed by atoms with Crippen molar-refractivity contribution in [3.63, 3.8) is 0 Å². The number of hydrogen-bond acceptors (Lipinski definition) is 3. The first-order valence-corrected chi connectivity index (χ1v) is 7.13. The molecule has 0 aliphatic carbocycles. The van der Waals surface area contributed by atoms with Crippen molar-refractivity contribution < 1.29 is 9.53 Å². The highest BCUT2D eigenvalue weighted by Crippen LogP contribution is 2.22. The van der Waals surface area contributed by atoms with E-state index in [1.165, 1.54) is 11.3 Å². The number of carbonyl (C=O) groups is 1.